The van der Waals surface area contributed by atoms with E-state index in [1.54, 1.807) is 6.07 Å². The molecule has 102 valence electrons. The summed E-state index contributed by atoms with van der Waals surface area (Å²) in [6.07, 6.45) is 1.65. The Bertz CT molecular complexity index is 381. The van der Waals surface area contributed by atoms with Gasteiger partial charge in [0.25, 0.3) is 0 Å². The van der Waals surface area contributed by atoms with Crippen LogP contribution in [0.2, 0.25) is 10.0 Å². The van der Waals surface area contributed by atoms with Crippen molar-refractivity contribution in [3.8, 4) is 5.75 Å². The quantitative estimate of drug-likeness (QED) is 0.812. The van der Waals surface area contributed by atoms with E-state index in [2.05, 4.69) is 0 Å². The van der Waals surface area contributed by atoms with E-state index in [9.17, 15) is 0 Å². The summed E-state index contributed by atoms with van der Waals surface area (Å²) in [6, 6.07) is 3.56. The molecular weight excluding hydrogens is 271 g/mol. The Kier molecular flexibility index (Phi) is 6.79. The fourth-order valence-corrected chi connectivity index (χ4v) is 2.30. The van der Waals surface area contributed by atoms with Crippen LogP contribution in [0.3, 0.4) is 0 Å². The van der Waals surface area contributed by atoms with Gasteiger partial charge >= 0.3 is 0 Å². The lowest BCUT2D eigenvalue weighted by molar-refractivity contribution is 0.312. The number of ether oxygens (including phenoxy) is 1. The summed E-state index contributed by atoms with van der Waals surface area (Å²) in [7, 11) is 0. The molecule has 0 atom stereocenters. The van der Waals surface area contributed by atoms with Crippen molar-refractivity contribution in [2.45, 2.75) is 19.8 Å². The number of hydrogen-bond acceptors (Lipinski definition) is 3. The molecule has 5 heteroatoms. The zero-order valence-electron chi connectivity index (χ0n) is 10.6. The first-order valence-electron chi connectivity index (χ1n) is 6.13. The summed E-state index contributed by atoms with van der Waals surface area (Å²) in [5.41, 5.74) is 12.3. The number of nitrogens with two attached hydrogens (primary N) is 2. The van der Waals surface area contributed by atoms with E-state index in [0.29, 0.717) is 35.5 Å². The van der Waals surface area contributed by atoms with Gasteiger partial charge in [-0.1, -0.05) is 30.1 Å². The van der Waals surface area contributed by atoms with Crippen LogP contribution in [0.25, 0.3) is 0 Å². The van der Waals surface area contributed by atoms with Crippen LogP contribution in [0, 0.1) is 5.92 Å². The van der Waals surface area contributed by atoms with E-state index in [4.69, 9.17) is 39.4 Å². The van der Waals surface area contributed by atoms with Gasteiger partial charge < -0.3 is 16.2 Å². The molecular formula is C13H20Cl2N2O. The largest absolute Gasteiger partial charge is 0.492 e. The smallest absolute Gasteiger partial charge is 0.141 e. The molecule has 0 unspecified atom stereocenters. The Morgan fingerprint density at radius 3 is 2.44 bits per heavy atom. The molecule has 4 N–H and O–H groups in total. The Morgan fingerprint density at radius 1 is 1.22 bits per heavy atom. The van der Waals surface area contributed by atoms with E-state index >= 15 is 0 Å². The second-order valence-electron chi connectivity index (χ2n) is 4.27. The van der Waals surface area contributed by atoms with Crippen LogP contribution >= 0.6 is 23.2 Å². The standard InChI is InChI=1S/C13H20Cl2N2O/c1-2-3-18-13-10(4-9(7-16)8-17)5-11(14)6-12(13)15/h5-6,9H,2-4,7-8,16-17H2,1H3. The zero-order valence-corrected chi connectivity index (χ0v) is 12.1. The highest BCUT2D eigenvalue weighted by atomic mass is 35.5. The van der Waals surface area contributed by atoms with Crippen molar-refractivity contribution in [2.24, 2.45) is 17.4 Å². The SMILES string of the molecule is CCCOc1c(Cl)cc(Cl)cc1CC(CN)CN. The zero-order chi connectivity index (χ0) is 13.5. The molecule has 1 aromatic rings. The lowest BCUT2D eigenvalue weighted by Crippen LogP contribution is -2.25. The Balaban J connectivity index is 2.98. The summed E-state index contributed by atoms with van der Waals surface area (Å²) < 4.78 is 5.69. The molecule has 0 fully saturated rings. The average molecular weight is 291 g/mol. The van der Waals surface area contributed by atoms with Crippen LogP contribution in [0.5, 0.6) is 5.75 Å². The molecule has 0 aromatic heterocycles. The summed E-state index contributed by atoms with van der Waals surface area (Å²) in [6.45, 7) is 3.75. The second kappa shape index (κ2) is 7.85. The Hall–Kier alpha value is -0.480. The van der Waals surface area contributed by atoms with Gasteiger partial charge in [-0.2, -0.15) is 0 Å². The van der Waals surface area contributed by atoms with E-state index in [1.165, 1.54) is 0 Å². The molecule has 1 rings (SSSR count). The van der Waals surface area contributed by atoms with E-state index in [-0.39, 0.29) is 5.92 Å². The molecule has 0 heterocycles. The number of benzene rings is 1. The lowest BCUT2D eigenvalue weighted by Gasteiger charge is -2.17. The van der Waals surface area contributed by atoms with E-state index in [0.717, 1.165) is 18.4 Å². The van der Waals surface area contributed by atoms with Crippen molar-refractivity contribution in [1.29, 1.82) is 0 Å². The molecule has 18 heavy (non-hydrogen) atoms. The van der Waals surface area contributed by atoms with E-state index in [1.807, 2.05) is 13.0 Å². The maximum atomic E-state index is 6.17. The summed E-state index contributed by atoms with van der Waals surface area (Å²) in [5, 5.41) is 1.14. The highest BCUT2D eigenvalue weighted by Crippen LogP contribution is 2.33. The monoisotopic (exact) mass is 290 g/mol. The number of hydrogen-bond donors (Lipinski definition) is 2. The molecule has 0 amide bonds. The van der Waals surface area contributed by atoms with Gasteiger partial charge in [0.05, 0.1) is 11.6 Å². The molecule has 3 nitrogen and oxygen atoms in total. The van der Waals surface area contributed by atoms with Crippen molar-refractivity contribution in [1.82, 2.24) is 0 Å². The van der Waals surface area contributed by atoms with E-state index < -0.39 is 0 Å². The van der Waals surface area contributed by atoms with Gasteiger partial charge in [0, 0.05) is 5.02 Å². The van der Waals surface area contributed by atoms with Crippen molar-refractivity contribution < 1.29 is 4.74 Å². The van der Waals surface area contributed by atoms with Crippen molar-refractivity contribution in [3.63, 3.8) is 0 Å². The van der Waals surface area contributed by atoms with Gasteiger partial charge in [0.15, 0.2) is 0 Å². The first-order chi connectivity index (χ1) is 8.62. The lowest BCUT2D eigenvalue weighted by atomic mass is 9.99. The van der Waals surface area contributed by atoms with Gasteiger partial charge in [0.2, 0.25) is 0 Å². The highest BCUT2D eigenvalue weighted by molar-refractivity contribution is 6.35. The topological polar surface area (TPSA) is 61.3 Å². The molecule has 0 saturated heterocycles. The minimum absolute atomic E-state index is 0.212. The molecule has 0 aliphatic carbocycles. The molecule has 0 aliphatic heterocycles. The van der Waals surface area contributed by atoms with Crippen molar-refractivity contribution in [2.75, 3.05) is 19.7 Å². The third-order valence-electron chi connectivity index (χ3n) is 2.71. The van der Waals surface area contributed by atoms with Crippen LogP contribution in [-0.4, -0.2) is 19.7 Å². The molecule has 0 aliphatic rings. The predicted molar refractivity (Wildman–Crippen MR) is 77.6 cm³/mol. The Morgan fingerprint density at radius 2 is 1.89 bits per heavy atom. The van der Waals surface area contributed by atoms with Gasteiger partial charge in [-0.15, -0.1) is 0 Å². The van der Waals surface area contributed by atoms with Crippen LogP contribution in [0.15, 0.2) is 12.1 Å². The molecule has 0 saturated carbocycles. The first kappa shape index (κ1) is 15.6. The molecule has 0 spiro atoms. The number of halogens is 2. The maximum absolute atomic E-state index is 6.17. The molecule has 0 radical (unpaired) electrons. The maximum Gasteiger partial charge on any atom is 0.141 e. The second-order valence-corrected chi connectivity index (χ2v) is 5.11. The van der Waals surface area contributed by atoms with Gasteiger partial charge in [-0.05, 0) is 49.5 Å². The summed E-state index contributed by atoms with van der Waals surface area (Å²) in [4.78, 5) is 0. The van der Waals surface area contributed by atoms with Gasteiger partial charge in [-0.3, -0.25) is 0 Å². The van der Waals surface area contributed by atoms with Crippen molar-refractivity contribution >= 4 is 23.2 Å². The van der Waals surface area contributed by atoms with Crippen LogP contribution in [-0.2, 0) is 6.42 Å². The highest BCUT2D eigenvalue weighted by Gasteiger charge is 2.14. The summed E-state index contributed by atoms with van der Waals surface area (Å²) in [5.74, 6) is 0.915. The molecule has 1 aromatic carbocycles. The van der Waals surface area contributed by atoms with Gasteiger partial charge in [-0.25, -0.2) is 0 Å². The third-order valence-corrected chi connectivity index (χ3v) is 3.21. The first-order valence-corrected chi connectivity index (χ1v) is 6.88. The van der Waals surface area contributed by atoms with Crippen molar-refractivity contribution in [3.05, 3.63) is 27.7 Å². The minimum Gasteiger partial charge on any atom is -0.492 e. The fraction of sp³-hybridized carbons (Fsp3) is 0.538. The van der Waals surface area contributed by atoms with Crippen LogP contribution in [0.1, 0.15) is 18.9 Å². The third kappa shape index (κ3) is 4.32. The van der Waals surface area contributed by atoms with Gasteiger partial charge in [0.1, 0.15) is 5.75 Å². The summed E-state index contributed by atoms with van der Waals surface area (Å²) >= 11 is 12.2. The fourth-order valence-electron chi connectivity index (χ4n) is 1.70. The van der Waals surface area contributed by atoms with Crippen LogP contribution in [0.4, 0.5) is 0 Å². The molecule has 0 bridgehead atoms. The number of rotatable bonds is 7. The normalized spacial score (nSPS) is 11.0. The minimum atomic E-state index is 0.212. The average Bonchev–Trinajstić information content (AvgIpc) is 2.34. The Labute approximate surface area is 118 Å². The predicted octanol–water partition coefficient (Wildman–Crippen LogP) is 2.86. The van der Waals surface area contributed by atoms with Crippen LogP contribution < -0.4 is 16.2 Å².